The fourth-order valence-corrected chi connectivity index (χ4v) is 3.95. The summed E-state index contributed by atoms with van der Waals surface area (Å²) >= 11 is 1.48. The van der Waals surface area contributed by atoms with Crippen LogP contribution < -0.4 is 10.2 Å². The lowest BCUT2D eigenvalue weighted by atomic mass is 10.2. The maximum Gasteiger partial charge on any atom is 0.226 e. The number of quaternary nitrogens is 1. The molecule has 0 spiro atoms. The van der Waals surface area contributed by atoms with Crippen molar-refractivity contribution in [3.8, 4) is 11.3 Å². The Labute approximate surface area is 168 Å². The highest BCUT2D eigenvalue weighted by molar-refractivity contribution is 7.13. The second kappa shape index (κ2) is 9.14. The van der Waals surface area contributed by atoms with Crippen LogP contribution in [0.3, 0.4) is 0 Å². The van der Waals surface area contributed by atoms with Gasteiger partial charge in [-0.1, -0.05) is 30.3 Å². The van der Waals surface area contributed by atoms with Crippen molar-refractivity contribution in [2.24, 2.45) is 0 Å². The van der Waals surface area contributed by atoms with Crippen LogP contribution in [0.4, 0.5) is 5.13 Å². The molecule has 1 aliphatic rings. The molecule has 1 aromatic carbocycles. The van der Waals surface area contributed by atoms with Gasteiger partial charge in [-0.2, -0.15) is 0 Å². The molecule has 146 valence electrons. The van der Waals surface area contributed by atoms with Crippen molar-refractivity contribution < 1.29 is 18.8 Å². The number of nitrogens with zero attached hydrogens (tertiary/aromatic N) is 1. The average Bonchev–Trinajstić information content (AvgIpc) is 3.38. The van der Waals surface area contributed by atoms with Gasteiger partial charge >= 0.3 is 0 Å². The van der Waals surface area contributed by atoms with Crippen LogP contribution >= 0.6 is 11.3 Å². The first-order valence-electron chi connectivity index (χ1n) is 9.56. The van der Waals surface area contributed by atoms with Crippen molar-refractivity contribution in [2.75, 3.05) is 31.6 Å². The van der Waals surface area contributed by atoms with Crippen LogP contribution in [0.25, 0.3) is 11.3 Å². The Morgan fingerprint density at radius 2 is 1.96 bits per heavy atom. The van der Waals surface area contributed by atoms with Crippen molar-refractivity contribution in [1.29, 1.82) is 0 Å². The minimum atomic E-state index is -0.0442. The molecule has 0 radical (unpaired) electrons. The molecule has 28 heavy (non-hydrogen) atoms. The molecule has 3 aromatic rings. The molecule has 0 aliphatic carbocycles. The summed E-state index contributed by atoms with van der Waals surface area (Å²) in [4.78, 5) is 18.3. The van der Waals surface area contributed by atoms with Crippen LogP contribution in [-0.4, -0.2) is 37.2 Å². The highest BCUT2D eigenvalue weighted by atomic mass is 32.1. The number of anilines is 1. The summed E-state index contributed by atoms with van der Waals surface area (Å²) in [5.74, 6) is 1.59. The van der Waals surface area contributed by atoms with Crippen LogP contribution in [0.5, 0.6) is 0 Å². The Kier molecular flexibility index (Phi) is 6.16. The number of aromatic nitrogens is 1. The Hall–Kier alpha value is -2.48. The van der Waals surface area contributed by atoms with E-state index in [1.165, 1.54) is 16.2 Å². The number of benzene rings is 1. The number of rotatable bonds is 7. The van der Waals surface area contributed by atoms with Gasteiger partial charge in [0.25, 0.3) is 0 Å². The van der Waals surface area contributed by atoms with Crippen LogP contribution in [0.1, 0.15) is 17.9 Å². The molecule has 1 aliphatic heterocycles. The molecule has 7 heteroatoms. The largest absolute Gasteiger partial charge is 0.461 e. The van der Waals surface area contributed by atoms with Crippen LogP contribution in [0.2, 0.25) is 0 Å². The Bertz CT molecular complexity index is 901. The standard InChI is InChI=1S/C21H23N3O3S/c25-20(9-7-18-6-8-19(27-18)16-4-2-1-3-5-16)23-21-22-17(15-28-21)14-24-10-12-26-13-11-24/h1-6,8,15H,7,9-14H2,(H,22,23,25)/p+1. The van der Waals surface area contributed by atoms with Gasteiger partial charge in [0.1, 0.15) is 36.8 Å². The fraction of sp³-hybridized carbons (Fsp3) is 0.333. The lowest BCUT2D eigenvalue weighted by Crippen LogP contribution is -3.12. The molecule has 3 heterocycles. The maximum atomic E-state index is 12.3. The molecule has 1 saturated heterocycles. The normalized spacial score (nSPS) is 14.9. The van der Waals surface area contributed by atoms with Gasteiger partial charge in [0.2, 0.25) is 5.91 Å². The lowest BCUT2D eigenvalue weighted by Gasteiger charge is -2.22. The first-order chi connectivity index (χ1) is 13.8. The van der Waals surface area contributed by atoms with E-state index in [1.54, 1.807) is 0 Å². The Morgan fingerprint density at radius 3 is 2.79 bits per heavy atom. The van der Waals surface area contributed by atoms with Crippen LogP contribution in [-0.2, 0) is 22.5 Å². The number of hydrogen-bond donors (Lipinski definition) is 2. The molecule has 2 N–H and O–H groups in total. The van der Waals surface area contributed by atoms with Crippen LogP contribution in [0, 0.1) is 0 Å². The molecule has 0 atom stereocenters. The molecule has 6 nitrogen and oxygen atoms in total. The zero-order valence-electron chi connectivity index (χ0n) is 15.6. The lowest BCUT2D eigenvalue weighted by molar-refractivity contribution is -0.921. The van der Waals surface area contributed by atoms with Gasteiger partial charge in [0, 0.05) is 23.8 Å². The Morgan fingerprint density at radius 1 is 1.14 bits per heavy atom. The molecular weight excluding hydrogens is 374 g/mol. The first kappa shape index (κ1) is 18.9. The quantitative estimate of drug-likeness (QED) is 0.641. The van der Waals surface area contributed by atoms with E-state index in [1.807, 2.05) is 47.8 Å². The first-order valence-corrected chi connectivity index (χ1v) is 10.4. The van der Waals surface area contributed by atoms with E-state index in [9.17, 15) is 4.79 Å². The number of amides is 1. The SMILES string of the molecule is O=C(CCc1ccc(-c2ccccc2)o1)Nc1nc(C[NH+]2CCOCC2)cs1. The van der Waals surface area contributed by atoms with E-state index >= 15 is 0 Å². The number of thiazole rings is 1. The van der Waals surface area contributed by atoms with Crippen molar-refractivity contribution in [2.45, 2.75) is 19.4 Å². The van der Waals surface area contributed by atoms with Gasteiger partial charge < -0.3 is 19.4 Å². The number of nitrogens with one attached hydrogen (secondary N) is 2. The zero-order chi connectivity index (χ0) is 19.2. The van der Waals surface area contributed by atoms with E-state index in [-0.39, 0.29) is 5.91 Å². The summed E-state index contributed by atoms with van der Waals surface area (Å²) in [7, 11) is 0. The summed E-state index contributed by atoms with van der Waals surface area (Å²) in [6.07, 6.45) is 0.931. The number of carbonyl (C=O) groups excluding carboxylic acids is 1. The van der Waals surface area contributed by atoms with Crippen molar-refractivity contribution in [3.05, 3.63) is 59.3 Å². The third-order valence-electron chi connectivity index (χ3n) is 4.75. The van der Waals surface area contributed by atoms with Crippen LogP contribution in [0.15, 0.2) is 52.3 Å². The monoisotopic (exact) mass is 398 g/mol. The number of ether oxygens (including phenoxy) is 1. The van der Waals surface area contributed by atoms with E-state index in [4.69, 9.17) is 9.15 Å². The molecule has 0 unspecified atom stereocenters. The number of carbonyl (C=O) groups is 1. The summed E-state index contributed by atoms with van der Waals surface area (Å²) in [5, 5.41) is 5.59. The van der Waals surface area contributed by atoms with Gasteiger partial charge in [0.05, 0.1) is 13.2 Å². The second-order valence-corrected chi connectivity index (χ2v) is 7.72. The molecule has 0 bridgehead atoms. The predicted octanol–water partition coefficient (Wildman–Crippen LogP) is 2.39. The van der Waals surface area contributed by atoms with Crippen molar-refractivity contribution in [1.82, 2.24) is 4.98 Å². The second-order valence-electron chi connectivity index (χ2n) is 6.86. The smallest absolute Gasteiger partial charge is 0.226 e. The molecular formula is C21H24N3O3S+. The highest BCUT2D eigenvalue weighted by Gasteiger charge is 2.16. The fourth-order valence-electron chi connectivity index (χ4n) is 3.23. The van der Waals surface area contributed by atoms with E-state index in [0.29, 0.717) is 18.0 Å². The van der Waals surface area contributed by atoms with E-state index < -0.39 is 0 Å². The number of furan rings is 1. The average molecular weight is 399 g/mol. The molecule has 2 aromatic heterocycles. The van der Waals surface area contributed by atoms with E-state index in [0.717, 1.165) is 55.6 Å². The number of hydrogen-bond acceptors (Lipinski definition) is 5. The van der Waals surface area contributed by atoms with Gasteiger partial charge in [-0.3, -0.25) is 4.79 Å². The number of morpholine rings is 1. The Balaban J connectivity index is 1.25. The maximum absolute atomic E-state index is 12.3. The molecule has 1 amide bonds. The van der Waals surface area contributed by atoms with Crippen molar-refractivity contribution in [3.63, 3.8) is 0 Å². The minimum Gasteiger partial charge on any atom is -0.461 e. The summed E-state index contributed by atoms with van der Waals surface area (Å²) in [6, 6.07) is 13.8. The topological polar surface area (TPSA) is 68.8 Å². The predicted molar refractivity (Wildman–Crippen MR) is 108 cm³/mol. The third kappa shape index (κ3) is 5.07. The summed E-state index contributed by atoms with van der Waals surface area (Å²) in [5.41, 5.74) is 2.06. The zero-order valence-corrected chi connectivity index (χ0v) is 16.5. The highest BCUT2D eigenvalue weighted by Crippen LogP contribution is 2.22. The van der Waals surface area contributed by atoms with E-state index in [2.05, 4.69) is 10.3 Å². The molecule has 0 saturated carbocycles. The minimum absolute atomic E-state index is 0.0442. The van der Waals surface area contributed by atoms with Crippen molar-refractivity contribution >= 4 is 22.4 Å². The molecule has 4 rings (SSSR count). The summed E-state index contributed by atoms with van der Waals surface area (Å²) in [6.45, 7) is 4.51. The van der Waals surface area contributed by atoms with Gasteiger partial charge in [-0.25, -0.2) is 4.98 Å². The van der Waals surface area contributed by atoms with Gasteiger partial charge in [-0.05, 0) is 12.1 Å². The third-order valence-corrected chi connectivity index (χ3v) is 5.55. The van der Waals surface area contributed by atoms with Gasteiger partial charge in [0.15, 0.2) is 5.13 Å². The molecule has 1 fully saturated rings. The summed E-state index contributed by atoms with van der Waals surface area (Å²) < 4.78 is 11.2. The van der Waals surface area contributed by atoms with Gasteiger partial charge in [-0.15, -0.1) is 11.3 Å². The number of aryl methyl sites for hydroxylation is 1.